The number of nitrogens with zero attached hydrogens (tertiary/aromatic N) is 3. The maximum Gasteiger partial charge on any atom is 0.349 e. The number of carboxylic acids is 1. The van der Waals surface area contributed by atoms with Crippen molar-refractivity contribution in [1.29, 1.82) is 0 Å². The molecule has 3 heterocycles. The van der Waals surface area contributed by atoms with Crippen LogP contribution in [-0.2, 0) is 30.2 Å². The van der Waals surface area contributed by atoms with Gasteiger partial charge in [-0.1, -0.05) is 61.5 Å². The average Bonchev–Trinajstić information content (AvgIpc) is 3.83. The number of thiophene rings is 1. The van der Waals surface area contributed by atoms with Crippen molar-refractivity contribution in [2.24, 2.45) is 4.99 Å². The first-order valence-corrected chi connectivity index (χ1v) is 25.3. The minimum atomic E-state index is -3.61. The topological polar surface area (TPSA) is 213 Å². The second kappa shape index (κ2) is 25.6. The second-order valence-corrected chi connectivity index (χ2v) is 19.9. The molecule has 374 valence electrons. The molecular weight excluding hydrogens is 956 g/mol. The summed E-state index contributed by atoms with van der Waals surface area (Å²) in [5, 5.41) is 20.8. The quantitative estimate of drug-likeness (QED) is 0.0361. The molecule has 5 aromatic rings. The number of aromatic carboxylic acids is 1. The van der Waals surface area contributed by atoms with Crippen molar-refractivity contribution in [2.75, 3.05) is 64.2 Å². The molecule has 0 bridgehead atoms. The number of ether oxygens (including phenoxy) is 2. The molecule has 1 saturated heterocycles. The fourth-order valence-electron chi connectivity index (χ4n) is 8.69. The number of carbonyl (C=O) groups excluding carboxylic acids is 4. The molecule has 4 aromatic carbocycles. The summed E-state index contributed by atoms with van der Waals surface area (Å²) in [5.74, 6) is -1.17. The van der Waals surface area contributed by atoms with Gasteiger partial charge in [-0.2, -0.15) is 0 Å². The van der Waals surface area contributed by atoms with Crippen LogP contribution in [0.1, 0.15) is 83.0 Å². The molecule has 2 aliphatic heterocycles. The summed E-state index contributed by atoms with van der Waals surface area (Å²) in [5.41, 5.74) is 4.36. The number of halogens is 1. The van der Waals surface area contributed by atoms with E-state index in [1.807, 2.05) is 49.5 Å². The third kappa shape index (κ3) is 13.0. The van der Waals surface area contributed by atoms with Crippen molar-refractivity contribution < 1.29 is 47.0 Å². The number of hydrogen-bond donors (Lipinski definition) is 4. The van der Waals surface area contributed by atoms with Crippen molar-refractivity contribution in [3.63, 3.8) is 0 Å². The molecule has 4 N–H and O–H groups in total. The van der Waals surface area contributed by atoms with Gasteiger partial charge in [0.25, 0.3) is 5.91 Å². The van der Waals surface area contributed by atoms with Crippen molar-refractivity contribution >= 4 is 92.2 Å². The van der Waals surface area contributed by atoms with Crippen LogP contribution in [0.4, 0.5) is 11.4 Å². The Bertz CT molecular complexity index is 2760. The smallest absolute Gasteiger partial charge is 0.349 e. The number of aliphatic imine (C=N–C) groups is 1. The van der Waals surface area contributed by atoms with Crippen LogP contribution in [0, 0.1) is 0 Å². The molecule has 1 fully saturated rings. The SMILES string of the molecule is C.C=NC.CNCCC(CCOc1ccc(CS(=O)(=O)N2CCC(Nc3cccc(-c4sc(C(=O)O)c(OCC=O)c4Cl)c3)CC2)cc1)c1ccc2c3c(cccc13)C(=O)N2C(C=O)CCC(=O)NC. The Morgan fingerprint density at radius 2 is 1.71 bits per heavy atom. The van der Waals surface area contributed by atoms with Gasteiger partial charge in [0.1, 0.15) is 23.7 Å². The standard InChI is InChI=1S/C48H52ClN5O10S2.C2H5N.CH4/c1-50-21-17-31(37-14-15-40-42-38(37)7-4-8-39(42)47(58)54(40)35(28-56)11-16-41(57)51-2)20-25-63-36-12-9-30(10-13-36)29-66(61,62)53-22-18-33(19-23-53)52-34-6-3-5-32(27-34)45-43(49)44(64-26-24-55)46(65-45)48(59)60;1-3-2;/h3-10,12-15,24,27-28,31,33,35,50,52H,11,16-23,25-26,29H2,1-2H3,(H,51,57)(H,59,60);1H2,2H3;1H4. The fraction of sp³-hybridized carbons (Fsp3) is 0.373. The van der Waals surface area contributed by atoms with Gasteiger partial charge in [0.15, 0.2) is 16.9 Å². The molecule has 0 aliphatic carbocycles. The van der Waals surface area contributed by atoms with Crippen molar-refractivity contribution in [2.45, 2.75) is 69.7 Å². The lowest BCUT2D eigenvalue weighted by Gasteiger charge is -2.32. The fourth-order valence-corrected chi connectivity index (χ4v) is 11.7. The Hall–Kier alpha value is -6.18. The molecule has 70 heavy (non-hydrogen) atoms. The minimum absolute atomic E-state index is 0. The molecule has 0 spiro atoms. The van der Waals surface area contributed by atoms with Crippen LogP contribution in [0.3, 0.4) is 0 Å². The van der Waals surface area contributed by atoms with Crippen molar-refractivity contribution in [1.82, 2.24) is 14.9 Å². The normalized spacial score (nSPS) is 14.4. The average molecular weight is 1020 g/mol. The highest BCUT2D eigenvalue weighted by atomic mass is 35.5. The molecule has 0 saturated carbocycles. The second-order valence-electron chi connectivity index (χ2n) is 16.5. The minimum Gasteiger partial charge on any atom is -0.494 e. The van der Waals surface area contributed by atoms with E-state index in [0.29, 0.717) is 78.2 Å². The predicted molar refractivity (Wildman–Crippen MR) is 278 cm³/mol. The first kappa shape index (κ1) is 54.8. The zero-order chi connectivity index (χ0) is 49.7. The Morgan fingerprint density at radius 1 is 1.00 bits per heavy atom. The highest BCUT2D eigenvalue weighted by Gasteiger charge is 2.36. The number of aldehydes is 2. The van der Waals surface area contributed by atoms with Crippen LogP contribution in [0.5, 0.6) is 11.5 Å². The van der Waals surface area contributed by atoms with E-state index in [4.69, 9.17) is 21.1 Å². The van der Waals surface area contributed by atoms with Gasteiger partial charge >= 0.3 is 5.97 Å². The van der Waals surface area contributed by atoms with Crippen LogP contribution >= 0.6 is 22.9 Å². The predicted octanol–water partition coefficient (Wildman–Crippen LogP) is 8.07. The van der Waals surface area contributed by atoms with Crippen LogP contribution in [0.2, 0.25) is 5.02 Å². The Kier molecular flexibility index (Phi) is 20.0. The zero-order valence-electron chi connectivity index (χ0n) is 38.7. The lowest BCUT2D eigenvalue weighted by atomic mass is 9.87. The lowest BCUT2D eigenvalue weighted by molar-refractivity contribution is -0.120. The van der Waals surface area contributed by atoms with E-state index in [1.54, 1.807) is 43.4 Å². The van der Waals surface area contributed by atoms with Gasteiger partial charge in [0.05, 0.1) is 29.0 Å². The summed E-state index contributed by atoms with van der Waals surface area (Å²) in [4.78, 5) is 65.7. The maximum absolute atomic E-state index is 13.7. The first-order chi connectivity index (χ1) is 33.3. The Morgan fingerprint density at radius 3 is 2.37 bits per heavy atom. The summed E-state index contributed by atoms with van der Waals surface area (Å²) in [6.45, 7) is 4.62. The van der Waals surface area contributed by atoms with E-state index in [0.717, 1.165) is 52.6 Å². The number of amides is 2. The van der Waals surface area contributed by atoms with E-state index in [2.05, 4.69) is 27.7 Å². The van der Waals surface area contributed by atoms with Crippen molar-refractivity contribution in [3.05, 3.63) is 105 Å². The number of benzene rings is 4. The molecule has 2 unspecified atom stereocenters. The van der Waals surface area contributed by atoms with Gasteiger partial charge in [0, 0.05) is 56.3 Å². The Labute approximate surface area is 418 Å². The Balaban J connectivity index is 0.00000222. The van der Waals surface area contributed by atoms with Crippen LogP contribution in [0.25, 0.3) is 21.2 Å². The number of anilines is 2. The number of piperidine rings is 1. The number of nitrogens with one attached hydrogen (secondary N) is 3. The first-order valence-electron chi connectivity index (χ1n) is 22.5. The number of rotatable bonds is 23. The highest BCUT2D eigenvalue weighted by molar-refractivity contribution is 7.88. The van der Waals surface area contributed by atoms with E-state index in [-0.39, 0.29) is 72.1 Å². The molecule has 2 amide bonds. The molecular formula is C51H61ClN6O10S2. The molecule has 2 atom stereocenters. The molecule has 19 heteroatoms. The monoisotopic (exact) mass is 1020 g/mol. The molecule has 16 nitrogen and oxygen atoms in total. The van der Waals surface area contributed by atoms with E-state index >= 15 is 0 Å². The summed E-state index contributed by atoms with van der Waals surface area (Å²) in [6.07, 6.45) is 4.22. The van der Waals surface area contributed by atoms with Crippen LogP contribution in [0.15, 0.2) is 83.9 Å². The van der Waals surface area contributed by atoms with E-state index < -0.39 is 22.0 Å². The lowest BCUT2D eigenvalue weighted by Crippen LogP contribution is -2.42. The van der Waals surface area contributed by atoms with Crippen LogP contribution in [-0.4, -0.2) is 121 Å². The number of hydrogen-bond acceptors (Lipinski definition) is 13. The largest absolute Gasteiger partial charge is 0.494 e. The molecule has 1 aromatic heterocycles. The summed E-state index contributed by atoms with van der Waals surface area (Å²) < 4.78 is 40.2. The number of carboxylic acid groups (broad SMARTS) is 1. The highest BCUT2D eigenvalue weighted by Crippen LogP contribution is 2.46. The van der Waals surface area contributed by atoms with Gasteiger partial charge in [0.2, 0.25) is 15.9 Å². The van der Waals surface area contributed by atoms with Crippen molar-refractivity contribution in [3.8, 4) is 21.9 Å². The zero-order valence-corrected chi connectivity index (χ0v) is 41.1. The van der Waals surface area contributed by atoms with Gasteiger partial charge in [-0.15, -0.1) is 11.3 Å². The summed E-state index contributed by atoms with van der Waals surface area (Å²) in [6, 6.07) is 23.3. The summed E-state index contributed by atoms with van der Waals surface area (Å²) >= 11 is 7.49. The van der Waals surface area contributed by atoms with Gasteiger partial charge in [-0.3, -0.25) is 19.3 Å². The summed E-state index contributed by atoms with van der Waals surface area (Å²) in [7, 11) is 1.47. The van der Waals surface area contributed by atoms with E-state index in [1.165, 1.54) is 16.3 Å². The number of carbonyl (C=O) groups is 5. The third-order valence-electron chi connectivity index (χ3n) is 12.0. The molecule has 7 rings (SSSR count). The van der Waals surface area contributed by atoms with Crippen LogP contribution < -0.4 is 30.3 Å². The van der Waals surface area contributed by atoms with Gasteiger partial charge < -0.3 is 40.3 Å². The third-order valence-corrected chi connectivity index (χ3v) is 15.6. The van der Waals surface area contributed by atoms with Gasteiger partial charge in [-0.05, 0) is 117 Å². The van der Waals surface area contributed by atoms with Gasteiger partial charge in [-0.25, -0.2) is 17.5 Å². The molecule has 0 radical (unpaired) electrons. The molecule has 2 aliphatic rings. The maximum atomic E-state index is 13.7. The number of sulfonamides is 1. The van der Waals surface area contributed by atoms with E-state index in [9.17, 15) is 37.5 Å².